The molecule has 0 spiro atoms. The van der Waals surface area contributed by atoms with Crippen LogP contribution in [-0.2, 0) is 17.8 Å². The first-order chi connectivity index (χ1) is 7.65. The summed E-state index contributed by atoms with van der Waals surface area (Å²) >= 11 is 0. The number of aliphatic carboxylic acids is 1. The molecule has 0 saturated heterocycles. The van der Waals surface area contributed by atoms with Gasteiger partial charge in [0.05, 0.1) is 5.92 Å². The number of carbonyl (C=O) groups is 1. The number of nitrogens with one attached hydrogen (secondary N) is 1. The summed E-state index contributed by atoms with van der Waals surface area (Å²) in [6.07, 6.45) is 1.01. The Hall–Kier alpha value is -1.35. The van der Waals surface area contributed by atoms with Gasteiger partial charge in [-0.25, -0.2) is 0 Å². The molecule has 0 amide bonds. The molecule has 0 aliphatic rings. The topological polar surface area (TPSA) is 49.3 Å². The Morgan fingerprint density at radius 3 is 2.56 bits per heavy atom. The number of carboxylic acids is 1. The van der Waals surface area contributed by atoms with Gasteiger partial charge < -0.3 is 10.4 Å². The zero-order valence-electron chi connectivity index (χ0n) is 9.86. The van der Waals surface area contributed by atoms with E-state index in [1.54, 1.807) is 6.92 Å². The quantitative estimate of drug-likeness (QED) is 0.773. The third-order valence-corrected chi connectivity index (χ3v) is 2.69. The zero-order valence-corrected chi connectivity index (χ0v) is 9.86. The van der Waals surface area contributed by atoms with Gasteiger partial charge in [-0.1, -0.05) is 38.1 Å². The third kappa shape index (κ3) is 3.66. The lowest BCUT2D eigenvalue weighted by atomic mass is 10.1. The third-order valence-electron chi connectivity index (χ3n) is 2.69. The zero-order chi connectivity index (χ0) is 12.0. The van der Waals surface area contributed by atoms with Crippen LogP contribution in [-0.4, -0.2) is 17.6 Å². The van der Waals surface area contributed by atoms with Crippen molar-refractivity contribution >= 4 is 5.97 Å². The van der Waals surface area contributed by atoms with Crippen LogP contribution in [0.4, 0.5) is 0 Å². The van der Waals surface area contributed by atoms with E-state index in [-0.39, 0.29) is 5.92 Å². The van der Waals surface area contributed by atoms with Crippen molar-refractivity contribution in [3.05, 3.63) is 35.4 Å². The molecule has 3 nitrogen and oxygen atoms in total. The van der Waals surface area contributed by atoms with Crippen molar-refractivity contribution in [2.75, 3.05) is 6.54 Å². The summed E-state index contributed by atoms with van der Waals surface area (Å²) in [6, 6.07) is 8.23. The molecule has 0 aliphatic carbocycles. The monoisotopic (exact) mass is 221 g/mol. The van der Waals surface area contributed by atoms with E-state index in [1.807, 2.05) is 12.1 Å². The van der Waals surface area contributed by atoms with E-state index in [4.69, 9.17) is 5.11 Å². The van der Waals surface area contributed by atoms with Crippen molar-refractivity contribution in [2.24, 2.45) is 5.92 Å². The summed E-state index contributed by atoms with van der Waals surface area (Å²) in [4.78, 5) is 10.6. The number of hydrogen-bond acceptors (Lipinski definition) is 2. The molecule has 0 heterocycles. The van der Waals surface area contributed by atoms with Gasteiger partial charge in [0.25, 0.3) is 0 Å². The fourth-order valence-corrected chi connectivity index (χ4v) is 1.59. The Morgan fingerprint density at radius 2 is 2.00 bits per heavy atom. The van der Waals surface area contributed by atoms with Crippen LogP contribution < -0.4 is 5.32 Å². The summed E-state index contributed by atoms with van der Waals surface area (Å²) in [7, 11) is 0. The van der Waals surface area contributed by atoms with E-state index in [0.717, 1.165) is 13.0 Å². The van der Waals surface area contributed by atoms with Crippen LogP contribution in [0.15, 0.2) is 24.3 Å². The van der Waals surface area contributed by atoms with Gasteiger partial charge in [0.2, 0.25) is 0 Å². The molecule has 1 aromatic carbocycles. The maximum atomic E-state index is 10.6. The van der Waals surface area contributed by atoms with Crippen LogP contribution in [0, 0.1) is 5.92 Å². The van der Waals surface area contributed by atoms with E-state index in [1.165, 1.54) is 11.1 Å². The molecule has 0 radical (unpaired) electrons. The molecule has 0 fully saturated rings. The fourth-order valence-electron chi connectivity index (χ4n) is 1.59. The minimum Gasteiger partial charge on any atom is -0.481 e. The largest absolute Gasteiger partial charge is 0.481 e. The molecule has 1 atom stereocenters. The van der Waals surface area contributed by atoms with E-state index < -0.39 is 5.97 Å². The molecule has 0 saturated carbocycles. The van der Waals surface area contributed by atoms with Crippen molar-refractivity contribution in [3.63, 3.8) is 0 Å². The second-order valence-electron chi connectivity index (χ2n) is 3.99. The molecule has 0 bridgehead atoms. The number of rotatable bonds is 6. The molecular weight excluding hydrogens is 202 g/mol. The smallest absolute Gasteiger partial charge is 0.307 e. The van der Waals surface area contributed by atoms with Crippen molar-refractivity contribution in [1.29, 1.82) is 0 Å². The number of hydrogen-bond donors (Lipinski definition) is 2. The summed E-state index contributed by atoms with van der Waals surface area (Å²) in [5.41, 5.74) is 2.57. The molecule has 88 valence electrons. The van der Waals surface area contributed by atoms with E-state index in [0.29, 0.717) is 6.54 Å². The SMILES string of the molecule is CCc1ccccc1CNCC(C)C(=O)O. The predicted octanol–water partition coefficient (Wildman–Crippen LogP) is 2.06. The van der Waals surface area contributed by atoms with Gasteiger partial charge in [0, 0.05) is 13.1 Å². The number of benzene rings is 1. The van der Waals surface area contributed by atoms with Gasteiger partial charge in [-0.3, -0.25) is 4.79 Å². The molecular formula is C13H19NO2. The molecule has 0 aliphatic heterocycles. The summed E-state index contributed by atoms with van der Waals surface area (Å²) in [6.45, 7) is 5.08. The maximum Gasteiger partial charge on any atom is 0.307 e. The fraction of sp³-hybridized carbons (Fsp3) is 0.462. The number of carboxylic acid groups (broad SMARTS) is 1. The Labute approximate surface area is 96.5 Å². The van der Waals surface area contributed by atoms with Gasteiger partial charge in [-0.05, 0) is 17.5 Å². The first-order valence-corrected chi connectivity index (χ1v) is 5.65. The summed E-state index contributed by atoms with van der Waals surface area (Å²) in [5.74, 6) is -1.09. The van der Waals surface area contributed by atoms with Gasteiger partial charge >= 0.3 is 5.97 Å². The minimum atomic E-state index is -0.753. The highest BCUT2D eigenvalue weighted by Gasteiger charge is 2.09. The average Bonchev–Trinajstić information content (AvgIpc) is 2.29. The lowest BCUT2D eigenvalue weighted by molar-refractivity contribution is -0.140. The number of aryl methyl sites for hydroxylation is 1. The first kappa shape index (κ1) is 12.7. The van der Waals surface area contributed by atoms with E-state index in [9.17, 15) is 4.79 Å². The molecule has 16 heavy (non-hydrogen) atoms. The van der Waals surface area contributed by atoms with Crippen LogP contribution in [0.1, 0.15) is 25.0 Å². The summed E-state index contributed by atoms with van der Waals surface area (Å²) < 4.78 is 0. The van der Waals surface area contributed by atoms with Crippen molar-refractivity contribution in [3.8, 4) is 0 Å². The predicted molar refractivity (Wildman–Crippen MR) is 64.3 cm³/mol. The highest BCUT2D eigenvalue weighted by Crippen LogP contribution is 2.09. The Bertz CT molecular complexity index is 350. The van der Waals surface area contributed by atoms with Crippen molar-refractivity contribution in [2.45, 2.75) is 26.8 Å². The molecule has 2 N–H and O–H groups in total. The molecule has 1 rings (SSSR count). The van der Waals surface area contributed by atoms with Crippen LogP contribution >= 0.6 is 0 Å². The molecule has 1 aromatic rings. The van der Waals surface area contributed by atoms with Gasteiger partial charge in [0.15, 0.2) is 0 Å². The van der Waals surface area contributed by atoms with Crippen molar-refractivity contribution in [1.82, 2.24) is 5.32 Å². The molecule has 3 heteroatoms. The van der Waals surface area contributed by atoms with Crippen LogP contribution in [0.2, 0.25) is 0 Å². The van der Waals surface area contributed by atoms with Crippen LogP contribution in [0.25, 0.3) is 0 Å². The Kier molecular flexibility index (Phi) is 4.99. The van der Waals surface area contributed by atoms with E-state index in [2.05, 4.69) is 24.4 Å². The highest BCUT2D eigenvalue weighted by atomic mass is 16.4. The lowest BCUT2D eigenvalue weighted by Crippen LogP contribution is -2.26. The maximum absolute atomic E-state index is 10.6. The summed E-state index contributed by atoms with van der Waals surface area (Å²) in [5, 5.41) is 11.9. The van der Waals surface area contributed by atoms with Crippen LogP contribution in [0.5, 0.6) is 0 Å². The second-order valence-corrected chi connectivity index (χ2v) is 3.99. The first-order valence-electron chi connectivity index (χ1n) is 5.65. The molecule has 0 aromatic heterocycles. The Balaban J connectivity index is 2.45. The standard InChI is InChI=1S/C13H19NO2/c1-3-11-6-4-5-7-12(11)9-14-8-10(2)13(15)16/h4-7,10,14H,3,8-9H2,1-2H3,(H,15,16). The highest BCUT2D eigenvalue weighted by molar-refractivity contribution is 5.69. The average molecular weight is 221 g/mol. The molecule has 1 unspecified atom stereocenters. The lowest BCUT2D eigenvalue weighted by Gasteiger charge is -2.11. The van der Waals surface area contributed by atoms with Crippen molar-refractivity contribution < 1.29 is 9.90 Å². The van der Waals surface area contributed by atoms with Gasteiger partial charge in [-0.2, -0.15) is 0 Å². The second kappa shape index (κ2) is 6.28. The minimum absolute atomic E-state index is 0.339. The van der Waals surface area contributed by atoms with Crippen LogP contribution in [0.3, 0.4) is 0 Å². The normalized spacial score (nSPS) is 12.4. The van der Waals surface area contributed by atoms with Gasteiger partial charge in [-0.15, -0.1) is 0 Å². The van der Waals surface area contributed by atoms with Gasteiger partial charge in [0.1, 0.15) is 0 Å². The van der Waals surface area contributed by atoms with E-state index >= 15 is 0 Å². The Morgan fingerprint density at radius 1 is 1.38 bits per heavy atom.